The van der Waals surface area contributed by atoms with Crippen LogP contribution in [0.15, 0.2) is 94.7 Å². The van der Waals surface area contributed by atoms with Gasteiger partial charge in [-0.05, 0) is 152 Å². The Morgan fingerprint density at radius 2 is 1.38 bits per heavy atom. The maximum absolute atomic E-state index is 11.5. The molecule has 0 saturated carbocycles. The van der Waals surface area contributed by atoms with Crippen LogP contribution in [-0.4, -0.2) is 34.0 Å². The first-order valence-corrected chi connectivity index (χ1v) is 25.0. The molecule has 1 aliphatic heterocycles. The van der Waals surface area contributed by atoms with Crippen LogP contribution in [0.25, 0.3) is 0 Å². The highest BCUT2D eigenvalue weighted by atomic mass is 16.5. The number of allylic oxidation sites excluding steroid dienone is 11. The maximum atomic E-state index is 11.5. The van der Waals surface area contributed by atoms with Crippen molar-refractivity contribution in [3.63, 3.8) is 0 Å². The third kappa shape index (κ3) is 17.2. The molecule has 0 bridgehead atoms. The minimum absolute atomic E-state index is 0.0461. The highest BCUT2D eigenvalue weighted by Gasteiger charge is 2.34. The van der Waals surface area contributed by atoms with Crippen molar-refractivity contribution in [2.24, 2.45) is 23.2 Å². The lowest BCUT2D eigenvalue weighted by Gasteiger charge is -2.38. The second-order valence-electron chi connectivity index (χ2n) is 21.2. The van der Waals surface area contributed by atoms with Crippen molar-refractivity contribution in [2.45, 2.75) is 192 Å². The molecule has 2 aliphatic carbocycles. The first-order valence-electron chi connectivity index (χ1n) is 25.0. The number of aliphatic hydroxyl groups excluding tert-OH is 1. The molecule has 3 aliphatic rings. The molecule has 0 spiro atoms. The monoisotopic (exact) mass is 889 g/mol. The van der Waals surface area contributed by atoms with E-state index in [1.165, 1.54) is 99.0 Å². The molecular formula is C60H88O5. The quantitative estimate of drug-likeness (QED) is 0.155. The van der Waals surface area contributed by atoms with Crippen LogP contribution < -0.4 is 4.74 Å². The molecule has 65 heavy (non-hydrogen) atoms. The molecule has 5 nitrogen and oxygen atoms in total. The number of hydrogen-bond donors (Lipinski definition) is 2. The first-order chi connectivity index (χ1) is 30.6. The summed E-state index contributed by atoms with van der Waals surface area (Å²) >= 11 is 0. The zero-order valence-electron chi connectivity index (χ0n) is 43.3. The van der Waals surface area contributed by atoms with Crippen molar-refractivity contribution >= 4 is 11.6 Å². The van der Waals surface area contributed by atoms with Crippen molar-refractivity contribution < 1.29 is 24.5 Å². The molecule has 358 valence electrons. The third-order valence-electron chi connectivity index (χ3n) is 14.2. The van der Waals surface area contributed by atoms with Crippen LogP contribution in [0.2, 0.25) is 0 Å². The Morgan fingerprint density at radius 1 is 0.769 bits per heavy atom. The second kappa shape index (κ2) is 26.2. The molecule has 0 saturated heterocycles. The Labute approximate surface area is 396 Å². The molecule has 0 amide bonds. The number of aliphatic hydroxyl groups is 1. The van der Waals surface area contributed by atoms with Gasteiger partial charge in [0.25, 0.3) is 0 Å². The fourth-order valence-corrected chi connectivity index (χ4v) is 9.57. The van der Waals surface area contributed by atoms with Crippen LogP contribution >= 0.6 is 0 Å². The Kier molecular flexibility index (Phi) is 22.2. The summed E-state index contributed by atoms with van der Waals surface area (Å²) in [5.74, 6) is 3.91. The number of phenolic OH excluding ortho intramolecular Hbond substituents is 1. The van der Waals surface area contributed by atoms with Gasteiger partial charge in [-0.15, -0.1) is 0 Å². The minimum Gasteiger partial charge on any atom is -0.507 e. The SMILES string of the molecule is CC1=C(/C=C/C(C)=C/C=C/C(C)=C/CO)C(C)(C)CCC1.CC1=CC(=O)c2ccccc2C1=O.Cc1c(C)c2c(c(C)c1O)CC[C@@](C)(CCC[C@H](C)CCC[C@H](C)CCCC(C)C)O2. The van der Waals surface area contributed by atoms with Crippen molar-refractivity contribution in [3.8, 4) is 11.5 Å². The van der Waals surface area contributed by atoms with Gasteiger partial charge in [-0.1, -0.05) is 164 Å². The van der Waals surface area contributed by atoms with Crippen molar-refractivity contribution in [3.05, 3.63) is 128 Å². The first kappa shape index (κ1) is 55.1. The van der Waals surface area contributed by atoms with E-state index in [4.69, 9.17) is 9.84 Å². The van der Waals surface area contributed by atoms with Gasteiger partial charge in [-0.3, -0.25) is 9.59 Å². The highest BCUT2D eigenvalue weighted by molar-refractivity contribution is 6.24. The molecule has 5 heteroatoms. The van der Waals surface area contributed by atoms with Gasteiger partial charge < -0.3 is 14.9 Å². The maximum Gasteiger partial charge on any atom is 0.189 e. The van der Waals surface area contributed by atoms with E-state index in [1.807, 2.05) is 32.9 Å². The van der Waals surface area contributed by atoms with Crippen LogP contribution in [-0.2, 0) is 6.42 Å². The number of aromatic hydroxyl groups is 1. The number of ether oxygens (including phenoxy) is 1. The van der Waals surface area contributed by atoms with Gasteiger partial charge in [-0.2, -0.15) is 0 Å². The van der Waals surface area contributed by atoms with E-state index >= 15 is 0 Å². The molecule has 2 N–H and O–H groups in total. The predicted molar refractivity (Wildman–Crippen MR) is 276 cm³/mol. The number of rotatable bonds is 17. The van der Waals surface area contributed by atoms with Gasteiger partial charge in [0.05, 0.1) is 6.61 Å². The summed E-state index contributed by atoms with van der Waals surface area (Å²) in [6.45, 7) is 30.8. The van der Waals surface area contributed by atoms with Crippen LogP contribution in [0.5, 0.6) is 11.5 Å². The van der Waals surface area contributed by atoms with E-state index in [1.54, 1.807) is 37.3 Å². The normalized spacial score (nSPS) is 19.5. The highest BCUT2D eigenvalue weighted by Crippen LogP contribution is 2.45. The Bertz CT molecular complexity index is 2100. The Hall–Kier alpha value is -4.22. The summed E-state index contributed by atoms with van der Waals surface area (Å²) in [4.78, 5) is 23.0. The van der Waals surface area contributed by atoms with Crippen LogP contribution in [0.4, 0.5) is 0 Å². The summed E-state index contributed by atoms with van der Waals surface area (Å²) < 4.78 is 6.60. The lowest BCUT2D eigenvalue weighted by molar-refractivity contribution is 0.0511. The van der Waals surface area contributed by atoms with Gasteiger partial charge in [0.15, 0.2) is 11.6 Å². The van der Waals surface area contributed by atoms with Gasteiger partial charge in [0.2, 0.25) is 0 Å². The number of benzene rings is 2. The lowest BCUT2D eigenvalue weighted by Crippen LogP contribution is -2.37. The second-order valence-corrected chi connectivity index (χ2v) is 21.2. The summed E-state index contributed by atoms with van der Waals surface area (Å²) in [5.41, 5.74) is 11.4. The Morgan fingerprint density at radius 3 is 2.00 bits per heavy atom. The fraction of sp³-hybridized carbons (Fsp3) is 0.567. The van der Waals surface area contributed by atoms with E-state index < -0.39 is 0 Å². The van der Waals surface area contributed by atoms with Gasteiger partial charge in [-0.25, -0.2) is 0 Å². The topological polar surface area (TPSA) is 83.8 Å². The van der Waals surface area contributed by atoms with E-state index in [-0.39, 0.29) is 23.8 Å². The van der Waals surface area contributed by atoms with E-state index in [9.17, 15) is 14.7 Å². The standard InChI is InChI=1S/C29H50O2.C20H30O.C11H8O2/c1-20(2)12-9-13-21(3)14-10-15-22(4)16-11-18-29(8)19-17-26-25(7)27(30)23(5)24(6)28(26)31-29;1-16(8-6-9-17(2)13-15-21)11-12-19-18(3)10-7-14-20(19,4)5;1-7-6-10(12)8-4-2-3-5-9(8)11(7)13/h20-22,30H,9-19H2,1-8H3;6,8-9,11-13,21H,7,10,14-15H2,1-5H3;2-6H,1H3/b;9-6+,12-11+,16-8+,17-13+;/t21-,22-,29-;;/m1../s1. The van der Waals surface area contributed by atoms with Gasteiger partial charge >= 0.3 is 0 Å². The van der Waals surface area contributed by atoms with Crippen LogP contribution in [0, 0.1) is 43.9 Å². The molecule has 0 radical (unpaired) electrons. The number of Topliss-reactive ketones (excluding diaryl/α,β-unsaturated/α-hetero) is 1. The number of ketones is 2. The largest absolute Gasteiger partial charge is 0.507 e. The van der Waals surface area contributed by atoms with Gasteiger partial charge in [0.1, 0.15) is 17.1 Å². The van der Waals surface area contributed by atoms with Crippen molar-refractivity contribution in [1.29, 1.82) is 0 Å². The number of fused-ring (bicyclic) bond motifs is 2. The zero-order valence-corrected chi connectivity index (χ0v) is 43.3. The van der Waals surface area contributed by atoms with Crippen LogP contribution in [0.3, 0.4) is 0 Å². The summed E-state index contributed by atoms with van der Waals surface area (Å²) in [6, 6.07) is 6.89. The smallest absolute Gasteiger partial charge is 0.189 e. The molecule has 0 fully saturated rings. The molecule has 2 aromatic rings. The number of hydrogen-bond acceptors (Lipinski definition) is 5. The molecule has 1 heterocycles. The molecule has 5 rings (SSSR count). The fourth-order valence-electron chi connectivity index (χ4n) is 9.57. The lowest BCUT2D eigenvalue weighted by atomic mass is 9.72. The van der Waals surface area contributed by atoms with E-state index in [0.29, 0.717) is 27.9 Å². The minimum atomic E-state index is -0.0762. The van der Waals surface area contributed by atoms with Crippen LogP contribution in [0.1, 0.15) is 203 Å². The van der Waals surface area contributed by atoms with E-state index in [2.05, 4.69) is 87.5 Å². The van der Waals surface area contributed by atoms with Gasteiger partial charge in [0, 0.05) is 22.3 Å². The molecular weight excluding hydrogens is 801 g/mol. The zero-order chi connectivity index (χ0) is 48.5. The number of carbonyl (C=O) groups is 2. The Balaban J connectivity index is 0.000000283. The molecule has 3 atom stereocenters. The van der Waals surface area contributed by atoms with Crippen molar-refractivity contribution in [1.82, 2.24) is 0 Å². The number of phenols is 1. The average Bonchev–Trinajstić information content (AvgIpc) is 3.24. The average molecular weight is 889 g/mol. The summed E-state index contributed by atoms with van der Waals surface area (Å²) in [7, 11) is 0. The molecule has 0 aromatic heterocycles. The number of carbonyl (C=O) groups excluding carboxylic acids is 2. The summed E-state index contributed by atoms with van der Waals surface area (Å²) in [5, 5.41) is 19.2. The third-order valence-corrected chi connectivity index (χ3v) is 14.2. The summed E-state index contributed by atoms with van der Waals surface area (Å²) in [6.07, 6.45) is 31.7. The predicted octanol–water partition coefficient (Wildman–Crippen LogP) is 16.4. The molecule has 2 aromatic carbocycles. The van der Waals surface area contributed by atoms with E-state index in [0.717, 1.165) is 65.0 Å². The molecule has 0 unspecified atom stereocenters. The van der Waals surface area contributed by atoms with Crippen molar-refractivity contribution in [2.75, 3.05) is 6.61 Å².